The van der Waals surface area contributed by atoms with Crippen LogP contribution in [0.15, 0.2) is 12.1 Å². The van der Waals surface area contributed by atoms with Gasteiger partial charge in [0.15, 0.2) is 0 Å². The van der Waals surface area contributed by atoms with Crippen molar-refractivity contribution in [1.82, 2.24) is 0 Å². The Morgan fingerprint density at radius 3 is 1.29 bits per heavy atom. The van der Waals surface area contributed by atoms with Crippen LogP contribution in [0.3, 0.4) is 0 Å². The molecule has 2 unspecified atom stereocenters. The summed E-state index contributed by atoms with van der Waals surface area (Å²) in [5.41, 5.74) is -2.12. The summed E-state index contributed by atoms with van der Waals surface area (Å²) >= 11 is 0. The standard InChI is InChI=1S/C16H20F6O2/c1-3-9(17)7-23-11-5-6-12(24-8-10(18)4-2)14(16(21)22)13(11)15(19)20/h5-6,9-10,15-16H,3-4,7-8H2,1-2H3. The molecular weight excluding hydrogens is 338 g/mol. The lowest BCUT2D eigenvalue weighted by molar-refractivity contribution is 0.110. The summed E-state index contributed by atoms with van der Waals surface area (Å²) in [7, 11) is 0. The van der Waals surface area contributed by atoms with Crippen LogP contribution in [0, 0.1) is 0 Å². The van der Waals surface area contributed by atoms with Crippen molar-refractivity contribution in [3.05, 3.63) is 23.3 Å². The molecule has 1 rings (SSSR count). The molecule has 0 saturated heterocycles. The highest BCUT2D eigenvalue weighted by Crippen LogP contribution is 2.42. The van der Waals surface area contributed by atoms with Crippen LogP contribution in [0.1, 0.15) is 50.7 Å². The quantitative estimate of drug-likeness (QED) is 0.491. The zero-order valence-corrected chi connectivity index (χ0v) is 13.4. The summed E-state index contributed by atoms with van der Waals surface area (Å²) in [6, 6.07) is 2.01. The van der Waals surface area contributed by atoms with E-state index >= 15 is 0 Å². The fraction of sp³-hybridized carbons (Fsp3) is 0.625. The fourth-order valence-electron chi connectivity index (χ4n) is 1.89. The van der Waals surface area contributed by atoms with E-state index < -0.39 is 61.0 Å². The Hall–Kier alpha value is -1.60. The van der Waals surface area contributed by atoms with E-state index in [1.807, 2.05) is 0 Å². The second kappa shape index (κ2) is 9.64. The van der Waals surface area contributed by atoms with E-state index in [1.165, 1.54) is 13.8 Å². The second-order valence-electron chi connectivity index (χ2n) is 5.12. The number of ether oxygens (including phenoxy) is 2. The minimum absolute atomic E-state index is 0.0990. The van der Waals surface area contributed by atoms with Gasteiger partial charge in [-0.1, -0.05) is 13.8 Å². The summed E-state index contributed by atoms with van der Waals surface area (Å²) < 4.78 is 89.3. The van der Waals surface area contributed by atoms with E-state index in [2.05, 4.69) is 0 Å². The number of halogens is 6. The molecule has 0 aromatic heterocycles. The zero-order chi connectivity index (χ0) is 18.3. The van der Waals surface area contributed by atoms with Crippen LogP contribution >= 0.6 is 0 Å². The van der Waals surface area contributed by atoms with Gasteiger partial charge in [-0.2, -0.15) is 0 Å². The maximum absolute atomic E-state index is 13.3. The average molecular weight is 358 g/mol. The van der Waals surface area contributed by atoms with Crippen LogP contribution in [0.25, 0.3) is 0 Å². The maximum atomic E-state index is 13.3. The first-order valence-electron chi connectivity index (χ1n) is 7.58. The highest BCUT2D eigenvalue weighted by atomic mass is 19.3. The Bertz CT molecular complexity index is 465. The van der Waals surface area contributed by atoms with Gasteiger partial charge in [0, 0.05) is 0 Å². The summed E-state index contributed by atoms with van der Waals surface area (Å²) in [5.74, 6) is -1.06. The Morgan fingerprint density at radius 1 is 0.708 bits per heavy atom. The fourth-order valence-corrected chi connectivity index (χ4v) is 1.89. The van der Waals surface area contributed by atoms with Crippen molar-refractivity contribution in [1.29, 1.82) is 0 Å². The van der Waals surface area contributed by atoms with Gasteiger partial charge in [-0.25, -0.2) is 26.3 Å². The van der Waals surface area contributed by atoms with Crippen LogP contribution in [0.2, 0.25) is 0 Å². The van der Waals surface area contributed by atoms with E-state index in [9.17, 15) is 26.3 Å². The highest BCUT2D eigenvalue weighted by molar-refractivity contribution is 5.50. The minimum Gasteiger partial charge on any atom is -0.490 e. The van der Waals surface area contributed by atoms with E-state index in [4.69, 9.17) is 9.47 Å². The Morgan fingerprint density at radius 2 is 1.04 bits per heavy atom. The average Bonchev–Trinajstić information content (AvgIpc) is 2.56. The molecule has 0 aliphatic heterocycles. The minimum atomic E-state index is -3.28. The van der Waals surface area contributed by atoms with Crippen molar-refractivity contribution < 1.29 is 35.8 Å². The molecule has 2 atom stereocenters. The molecule has 0 heterocycles. The van der Waals surface area contributed by atoms with Crippen LogP contribution < -0.4 is 9.47 Å². The first-order valence-corrected chi connectivity index (χ1v) is 7.58. The van der Waals surface area contributed by atoms with E-state index in [0.29, 0.717) is 0 Å². The first kappa shape index (κ1) is 20.4. The SMILES string of the molecule is CCC(F)COc1ccc(OCC(F)CC)c(C(F)F)c1C(F)F. The van der Waals surface area contributed by atoms with Gasteiger partial charge in [0.25, 0.3) is 12.9 Å². The van der Waals surface area contributed by atoms with Crippen LogP contribution in [0.5, 0.6) is 11.5 Å². The molecule has 138 valence electrons. The molecule has 0 spiro atoms. The van der Waals surface area contributed by atoms with Gasteiger partial charge in [0.05, 0.1) is 11.1 Å². The topological polar surface area (TPSA) is 18.5 Å². The molecule has 2 nitrogen and oxygen atoms in total. The number of hydrogen-bond donors (Lipinski definition) is 0. The van der Waals surface area contributed by atoms with Gasteiger partial charge in [-0.3, -0.25) is 0 Å². The molecule has 1 aromatic carbocycles. The third kappa shape index (κ3) is 5.49. The smallest absolute Gasteiger partial charge is 0.268 e. The van der Waals surface area contributed by atoms with Crippen molar-refractivity contribution in [3.8, 4) is 11.5 Å². The van der Waals surface area contributed by atoms with Crippen molar-refractivity contribution >= 4 is 0 Å². The normalized spacial score (nSPS) is 14.1. The van der Waals surface area contributed by atoms with Crippen molar-refractivity contribution in [2.24, 2.45) is 0 Å². The number of alkyl halides is 6. The lowest BCUT2D eigenvalue weighted by Gasteiger charge is -2.19. The molecular formula is C16H20F6O2. The molecule has 0 fully saturated rings. The lowest BCUT2D eigenvalue weighted by atomic mass is 10.1. The predicted octanol–water partition coefficient (Wildman–Crippen LogP) is 5.82. The van der Waals surface area contributed by atoms with E-state index in [1.54, 1.807) is 0 Å². The lowest BCUT2D eigenvalue weighted by Crippen LogP contribution is -2.15. The summed E-state index contributed by atoms with van der Waals surface area (Å²) in [6.45, 7) is 2.01. The molecule has 0 N–H and O–H groups in total. The van der Waals surface area contributed by atoms with Gasteiger partial charge >= 0.3 is 0 Å². The van der Waals surface area contributed by atoms with Crippen LogP contribution in [-0.4, -0.2) is 25.6 Å². The molecule has 0 saturated carbocycles. The zero-order valence-electron chi connectivity index (χ0n) is 13.4. The van der Waals surface area contributed by atoms with Gasteiger partial charge in [0.2, 0.25) is 0 Å². The summed E-state index contributed by atoms with van der Waals surface area (Å²) in [5, 5.41) is 0. The maximum Gasteiger partial charge on any atom is 0.268 e. The summed E-state index contributed by atoms with van der Waals surface area (Å²) in [4.78, 5) is 0. The number of benzene rings is 1. The molecule has 0 amide bonds. The molecule has 0 aliphatic carbocycles. The largest absolute Gasteiger partial charge is 0.490 e. The molecule has 1 aromatic rings. The van der Waals surface area contributed by atoms with Crippen LogP contribution in [0.4, 0.5) is 26.3 Å². The van der Waals surface area contributed by atoms with Gasteiger partial charge in [-0.15, -0.1) is 0 Å². The number of hydrogen-bond acceptors (Lipinski definition) is 2. The van der Waals surface area contributed by atoms with Crippen molar-refractivity contribution in [2.75, 3.05) is 13.2 Å². The first-order chi connectivity index (χ1) is 11.3. The third-order valence-corrected chi connectivity index (χ3v) is 3.37. The number of rotatable bonds is 10. The predicted molar refractivity (Wildman–Crippen MR) is 77.7 cm³/mol. The highest BCUT2D eigenvalue weighted by Gasteiger charge is 2.29. The summed E-state index contributed by atoms with van der Waals surface area (Å²) in [6.07, 6.45) is -9.17. The molecule has 0 radical (unpaired) electrons. The van der Waals surface area contributed by atoms with E-state index in [0.717, 1.165) is 12.1 Å². The Labute approximate surface area is 136 Å². The molecule has 0 aliphatic rings. The monoisotopic (exact) mass is 358 g/mol. The molecule has 8 heteroatoms. The molecule has 24 heavy (non-hydrogen) atoms. The van der Waals surface area contributed by atoms with E-state index in [-0.39, 0.29) is 12.8 Å². The van der Waals surface area contributed by atoms with Crippen molar-refractivity contribution in [3.63, 3.8) is 0 Å². The third-order valence-electron chi connectivity index (χ3n) is 3.37. The van der Waals surface area contributed by atoms with Crippen LogP contribution in [-0.2, 0) is 0 Å². The molecule has 0 bridgehead atoms. The van der Waals surface area contributed by atoms with Gasteiger partial charge < -0.3 is 9.47 Å². The Kier molecular flexibility index (Phi) is 8.21. The van der Waals surface area contributed by atoms with Gasteiger partial charge in [-0.05, 0) is 25.0 Å². The second-order valence-corrected chi connectivity index (χ2v) is 5.12. The van der Waals surface area contributed by atoms with Crippen molar-refractivity contribution in [2.45, 2.75) is 51.9 Å². The van der Waals surface area contributed by atoms with Gasteiger partial charge in [0.1, 0.15) is 37.1 Å². The Balaban J connectivity index is 3.17.